The fraction of sp³-hybridized carbons (Fsp3) is 0.350. The zero-order valence-electron chi connectivity index (χ0n) is 15.9. The summed E-state index contributed by atoms with van der Waals surface area (Å²) < 4.78 is 2.99. The number of carbonyl (C=O) groups is 1. The zero-order chi connectivity index (χ0) is 19.7. The Morgan fingerprint density at radius 1 is 1.18 bits per heavy atom. The Bertz CT molecular complexity index is 1080. The van der Waals surface area contributed by atoms with Crippen LogP contribution in [0.25, 0.3) is 16.9 Å². The number of nitrogens with zero attached hydrogens (tertiary/aromatic N) is 5. The summed E-state index contributed by atoms with van der Waals surface area (Å²) in [6, 6.07) is 5.26. The minimum Gasteiger partial charge on any atom is -0.310 e. The Kier molecular flexibility index (Phi) is 4.77. The van der Waals surface area contributed by atoms with E-state index in [2.05, 4.69) is 20.4 Å². The number of hydrogen-bond acceptors (Lipinski definition) is 5. The summed E-state index contributed by atoms with van der Waals surface area (Å²) in [5.74, 6) is 0.820. The van der Waals surface area contributed by atoms with Gasteiger partial charge in [-0.15, -0.1) is 0 Å². The highest BCUT2D eigenvalue weighted by molar-refractivity contribution is 5.97. The van der Waals surface area contributed by atoms with Gasteiger partial charge >= 0.3 is 0 Å². The molecule has 3 aromatic heterocycles. The largest absolute Gasteiger partial charge is 0.310 e. The van der Waals surface area contributed by atoms with Crippen molar-refractivity contribution in [1.29, 1.82) is 0 Å². The lowest BCUT2D eigenvalue weighted by Crippen LogP contribution is -2.22. The van der Waals surface area contributed by atoms with E-state index in [1.807, 2.05) is 19.1 Å². The highest BCUT2D eigenvalue weighted by atomic mass is 16.2. The summed E-state index contributed by atoms with van der Waals surface area (Å²) in [5.41, 5.74) is 2.28. The molecule has 1 N–H and O–H groups in total. The number of pyridine rings is 1. The van der Waals surface area contributed by atoms with Crippen molar-refractivity contribution < 1.29 is 4.79 Å². The van der Waals surface area contributed by atoms with Gasteiger partial charge in [0.05, 0.1) is 5.56 Å². The Morgan fingerprint density at radius 2 is 2.04 bits per heavy atom. The van der Waals surface area contributed by atoms with Gasteiger partial charge in [-0.3, -0.25) is 14.6 Å². The van der Waals surface area contributed by atoms with Crippen LogP contribution in [0.1, 0.15) is 31.9 Å². The molecule has 1 aliphatic heterocycles. The molecule has 144 valence electrons. The molecule has 0 aromatic carbocycles. The fourth-order valence-electron chi connectivity index (χ4n) is 3.49. The van der Waals surface area contributed by atoms with Gasteiger partial charge in [-0.1, -0.05) is 13.3 Å². The quantitative estimate of drug-likeness (QED) is 0.701. The van der Waals surface area contributed by atoms with Crippen molar-refractivity contribution in [3.8, 4) is 16.9 Å². The van der Waals surface area contributed by atoms with Crippen molar-refractivity contribution in [2.45, 2.75) is 32.6 Å². The van der Waals surface area contributed by atoms with Crippen LogP contribution in [0.2, 0.25) is 0 Å². The van der Waals surface area contributed by atoms with Crippen LogP contribution in [-0.4, -0.2) is 30.2 Å². The molecule has 0 saturated carbocycles. The number of anilines is 1. The molecule has 1 amide bonds. The molecule has 8 heteroatoms. The van der Waals surface area contributed by atoms with E-state index in [9.17, 15) is 9.59 Å². The lowest BCUT2D eigenvalue weighted by atomic mass is 9.99. The van der Waals surface area contributed by atoms with Crippen molar-refractivity contribution in [2.24, 2.45) is 13.0 Å². The molecule has 0 saturated heterocycles. The van der Waals surface area contributed by atoms with Crippen LogP contribution in [0.4, 0.5) is 5.82 Å². The first-order chi connectivity index (χ1) is 13.5. The smallest absolute Gasteiger partial charge is 0.259 e. The maximum atomic E-state index is 12.7. The van der Waals surface area contributed by atoms with Gasteiger partial charge in [-0.05, 0) is 37.0 Å². The number of rotatable bonds is 1. The summed E-state index contributed by atoms with van der Waals surface area (Å²) in [7, 11) is 1.75. The first-order valence-corrected chi connectivity index (χ1v) is 9.41. The second-order valence-electron chi connectivity index (χ2n) is 7.13. The van der Waals surface area contributed by atoms with Gasteiger partial charge in [0.1, 0.15) is 12.1 Å². The summed E-state index contributed by atoms with van der Waals surface area (Å²) >= 11 is 0. The van der Waals surface area contributed by atoms with E-state index in [0.29, 0.717) is 17.2 Å². The minimum atomic E-state index is -0.240. The molecule has 28 heavy (non-hydrogen) atoms. The predicted molar refractivity (Wildman–Crippen MR) is 105 cm³/mol. The molecule has 1 atom stereocenters. The van der Waals surface area contributed by atoms with Crippen LogP contribution in [0, 0.1) is 5.92 Å². The van der Waals surface area contributed by atoms with E-state index in [1.54, 1.807) is 17.9 Å². The Morgan fingerprint density at radius 3 is 2.86 bits per heavy atom. The molecule has 8 nitrogen and oxygen atoms in total. The van der Waals surface area contributed by atoms with E-state index in [-0.39, 0.29) is 17.4 Å². The number of aryl methyl sites for hydroxylation is 2. The first kappa shape index (κ1) is 18.1. The van der Waals surface area contributed by atoms with Crippen molar-refractivity contribution >= 4 is 11.7 Å². The van der Waals surface area contributed by atoms with E-state index >= 15 is 0 Å². The summed E-state index contributed by atoms with van der Waals surface area (Å²) in [6.45, 7) is 1.93. The topological polar surface area (TPSA) is 94.7 Å². The number of aromatic nitrogens is 5. The molecule has 0 aliphatic carbocycles. The van der Waals surface area contributed by atoms with Gasteiger partial charge in [0, 0.05) is 37.1 Å². The molecule has 1 aliphatic rings. The molecule has 0 fully saturated rings. The number of amides is 1. The first-order valence-electron chi connectivity index (χ1n) is 9.41. The van der Waals surface area contributed by atoms with E-state index in [1.165, 1.54) is 23.2 Å². The average molecular weight is 378 g/mol. The fourth-order valence-corrected chi connectivity index (χ4v) is 3.49. The lowest BCUT2D eigenvalue weighted by molar-refractivity contribution is -0.119. The third-order valence-electron chi connectivity index (χ3n) is 5.09. The minimum absolute atomic E-state index is 0.0517. The number of fused-ring (bicyclic) bond motifs is 4. The van der Waals surface area contributed by atoms with Crippen LogP contribution in [0.15, 0.2) is 41.7 Å². The molecule has 0 spiro atoms. The second kappa shape index (κ2) is 7.38. The van der Waals surface area contributed by atoms with Gasteiger partial charge < -0.3 is 5.32 Å². The number of nitrogens with one attached hydrogen (secondary N) is 1. The van der Waals surface area contributed by atoms with Gasteiger partial charge in [0.25, 0.3) is 5.56 Å². The van der Waals surface area contributed by atoms with Gasteiger partial charge in [0.2, 0.25) is 5.91 Å². The highest BCUT2D eigenvalue weighted by Crippen LogP contribution is 2.34. The van der Waals surface area contributed by atoms with Gasteiger partial charge in [-0.25, -0.2) is 14.2 Å². The van der Waals surface area contributed by atoms with E-state index in [4.69, 9.17) is 0 Å². The normalized spacial score (nSPS) is 17.2. The zero-order valence-corrected chi connectivity index (χ0v) is 15.9. The molecule has 3 aromatic rings. The maximum absolute atomic E-state index is 12.7. The number of hydrogen-bond donors (Lipinski definition) is 1. The Labute approximate surface area is 162 Å². The van der Waals surface area contributed by atoms with E-state index in [0.717, 1.165) is 36.9 Å². The third-order valence-corrected chi connectivity index (χ3v) is 5.09. The van der Waals surface area contributed by atoms with Gasteiger partial charge in [-0.2, -0.15) is 5.10 Å². The van der Waals surface area contributed by atoms with E-state index < -0.39 is 0 Å². The van der Waals surface area contributed by atoms with Crippen LogP contribution >= 0.6 is 0 Å². The van der Waals surface area contributed by atoms with Crippen LogP contribution in [0.3, 0.4) is 0 Å². The monoisotopic (exact) mass is 378 g/mol. The molecule has 2 bridgehead atoms. The highest BCUT2D eigenvalue weighted by Gasteiger charge is 2.24. The van der Waals surface area contributed by atoms with Crippen molar-refractivity contribution in [1.82, 2.24) is 24.3 Å². The molecule has 1 unspecified atom stereocenters. The standard InChI is InChI=1S/C20H22N6O2/c1-13-5-3-4-6-15-11-14(7-10-22-15)17-18(23-20(13)28)25(2)24-19(17)26-12-21-9-8-16(26)27/h7-13H,3-6H2,1-2H3,(H,23,28). The van der Waals surface area contributed by atoms with Crippen molar-refractivity contribution in [3.63, 3.8) is 0 Å². The molecule has 0 radical (unpaired) electrons. The Balaban J connectivity index is 1.97. The summed E-state index contributed by atoms with van der Waals surface area (Å²) in [6.07, 6.45) is 8.25. The predicted octanol–water partition coefficient (Wildman–Crippen LogP) is 2.33. The average Bonchev–Trinajstić information content (AvgIpc) is 3.01. The lowest BCUT2D eigenvalue weighted by Gasteiger charge is -2.15. The summed E-state index contributed by atoms with van der Waals surface area (Å²) in [4.78, 5) is 33.7. The molecular weight excluding hydrogens is 356 g/mol. The van der Waals surface area contributed by atoms with Crippen molar-refractivity contribution in [3.05, 3.63) is 53.0 Å². The van der Waals surface area contributed by atoms with Gasteiger partial charge in [0.15, 0.2) is 5.82 Å². The van der Waals surface area contributed by atoms with Crippen LogP contribution < -0.4 is 10.9 Å². The Hall–Kier alpha value is -3.29. The molecular formula is C20H22N6O2. The maximum Gasteiger partial charge on any atom is 0.259 e. The third kappa shape index (κ3) is 3.33. The second-order valence-corrected chi connectivity index (χ2v) is 7.13. The van der Waals surface area contributed by atoms with Crippen LogP contribution in [0.5, 0.6) is 0 Å². The summed E-state index contributed by atoms with van der Waals surface area (Å²) in [5, 5.41) is 7.55. The molecule has 4 rings (SSSR count). The van der Waals surface area contributed by atoms with Crippen LogP contribution in [-0.2, 0) is 18.3 Å². The molecule has 4 heterocycles. The van der Waals surface area contributed by atoms with Crippen molar-refractivity contribution in [2.75, 3.05) is 5.32 Å². The SMILES string of the molecule is CC1CCCCc2cc(ccn2)-c2c(-n3cnccc3=O)nn(C)c2NC1=O. The number of carbonyl (C=O) groups excluding carboxylic acids is 1.